The second-order valence-electron chi connectivity index (χ2n) is 6.30. The molecule has 3 rings (SSSR count). The van der Waals surface area contributed by atoms with Crippen LogP contribution in [-0.4, -0.2) is 21.6 Å². The molecular formula is C21H13FN6O3S. The van der Waals surface area contributed by atoms with Crippen molar-refractivity contribution in [1.29, 1.82) is 10.5 Å². The van der Waals surface area contributed by atoms with Gasteiger partial charge in [0.25, 0.3) is 5.69 Å². The maximum atomic E-state index is 13.3. The van der Waals surface area contributed by atoms with Gasteiger partial charge in [0, 0.05) is 23.4 Å². The quantitative estimate of drug-likeness (QED) is 0.327. The monoisotopic (exact) mass is 448 g/mol. The van der Waals surface area contributed by atoms with Gasteiger partial charge in [-0.25, -0.2) is 9.37 Å². The molecule has 0 aliphatic carbocycles. The van der Waals surface area contributed by atoms with E-state index in [0.29, 0.717) is 5.56 Å². The normalized spacial score (nSPS) is 10.1. The zero-order chi connectivity index (χ0) is 23.3. The zero-order valence-electron chi connectivity index (χ0n) is 16.2. The maximum absolute atomic E-state index is 13.3. The van der Waals surface area contributed by atoms with Gasteiger partial charge >= 0.3 is 0 Å². The first-order valence-corrected chi connectivity index (χ1v) is 9.89. The Bertz CT molecular complexity index is 1300. The summed E-state index contributed by atoms with van der Waals surface area (Å²) in [5.41, 5.74) is 6.56. The van der Waals surface area contributed by atoms with Crippen molar-refractivity contribution in [2.75, 3.05) is 16.8 Å². The van der Waals surface area contributed by atoms with E-state index in [1.807, 2.05) is 12.1 Å². The number of nitro groups is 1. The zero-order valence-corrected chi connectivity index (χ0v) is 17.0. The van der Waals surface area contributed by atoms with Gasteiger partial charge < -0.3 is 11.1 Å². The lowest BCUT2D eigenvalue weighted by atomic mass is 9.97. The smallest absolute Gasteiger partial charge is 0.271 e. The van der Waals surface area contributed by atoms with Gasteiger partial charge in [-0.15, -0.1) is 0 Å². The molecule has 3 N–H and O–H groups in total. The molecule has 0 atom stereocenters. The van der Waals surface area contributed by atoms with Crippen molar-refractivity contribution >= 4 is 34.9 Å². The fourth-order valence-corrected chi connectivity index (χ4v) is 3.63. The Kier molecular flexibility index (Phi) is 6.63. The average molecular weight is 448 g/mol. The lowest BCUT2D eigenvalue weighted by molar-refractivity contribution is -0.384. The Morgan fingerprint density at radius 1 is 1.19 bits per heavy atom. The van der Waals surface area contributed by atoms with E-state index in [-0.39, 0.29) is 44.7 Å². The third-order valence-electron chi connectivity index (χ3n) is 4.23. The largest absolute Gasteiger partial charge is 0.383 e. The molecule has 1 aromatic heterocycles. The van der Waals surface area contributed by atoms with E-state index in [1.165, 1.54) is 48.5 Å². The summed E-state index contributed by atoms with van der Waals surface area (Å²) in [5, 5.41) is 32.7. The van der Waals surface area contributed by atoms with E-state index in [2.05, 4.69) is 10.3 Å². The molecule has 0 unspecified atom stereocenters. The number of nitrogens with one attached hydrogen (secondary N) is 1. The predicted molar refractivity (Wildman–Crippen MR) is 116 cm³/mol. The Morgan fingerprint density at radius 3 is 2.50 bits per heavy atom. The van der Waals surface area contributed by atoms with E-state index < -0.39 is 16.6 Å². The van der Waals surface area contributed by atoms with Crippen molar-refractivity contribution < 1.29 is 14.1 Å². The average Bonchev–Trinajstić information content (AvgIpc) is 2.78. The number of nitrogens with two attached hydrogens (primary N) is 1. The first-order chi connectivity index (χ1) is 15.3. The van der Waals surface area contributed by atoms with Crippen LogP contribution in [0.15, 0.2) is 53.6 Å². The molecule has 158 valence electrons. The van der Waals surface area contributed by atoms with E-state index in [1.54, 1.807) is 0 Å². The number of thioether (sulfide) groups is 1. The minimum atomic E-state index is -0.579. The molecule has 1 heterocycles. The van der Waals surface area contributed by atoms with Gasteiger partial charge in [-0.2, -0.15) is 10.5 Å². The van der Waals surface area contributed by atoms with Crippen LogP contribution in [0.5, 0.6) is 0 Å². The number of nitro benzene ring substituents is 1. The fourth-order valence-electron chi connectivity index (χ4n) is 2.84. The number of amides is 1. The van der Waals surface area contributed by atoms with E-state index >= 15 is 0 Å². The van der Waals surface area contributed by atoms with Gasteiger partial charge in [-0.1, -0.05) is 30.0 Å². The summed E-state index contributed by atoms with van der Waals surface area (Å²) < 4.78 is 13.3. The minimum absolute atomic E-state index is 0.0236. The number of anilines is 2. The molecule has 0 saturated heterocycles. The van der Waals surface area contributed by atoms with Crippen LogP contribution in [0.4, 0.5) is 21.6 Å². The minimum Gasteiger partial charge on any atom is -0.383 e. The number of benzene rings is 2. The van der Waals surface area contributed by atoms with Crippen molar-refractivity contribution in [2.24, 2.45) is 0 Å². The van der Waals surface area contributed by atoms with Crippen LogP contribution in [0.25, 0.3) is 11.1 Å². The summed E-state index contributed by atoms with van der Waals surface area (Å²) in [7, 11) is 0. The Balaban J connectivity index is 1.88. The van der Waals surface area contributed by atoms with Crippen LogP contribution in [0.1, 0.15) is 11.1 Å². The number of rotatable bonds is 6. The van der Waals surface area contributed by atoms with Crippen molar-refractivity contribution in [1.82, 2.24) is 4.98 Å². The highest BCUT2D eigenvalue weighted by atomic mass is 32.2. The van der Waals surface area contributed by atoms with Gasteiger partial charge in [0.05, 0.1) is 16.2 Å². The molecular weight excluding hydrogens is 435 g/mol. The molecule has 0 aliphatic heterocycles. The molecule has 11 heteroatoms. The molecule has 0 bridgehead atoms. The van der Waals surface area contributed by atoms with Gasteiger partial charge in [0.1, 0.15) is 34.4 Å². The Labute approximate surface area is 185 Å². The lowest BCUT2D eigenvalue weighted by Gasteiger charge is -2.13. The number of carbonyl (C=O) groups excluding carboxylic acids is 1. The first-order valence-electron chi connectivity index (χ1n) is 8.90. The number of halogens is 1. The molecule has 0 aliphatic rings. The number of non-ortho nitro benzene ring substituents is 1. The topological polar surface area (TPSA) is 159 Å². The summed E-state index contributed by atoms with van der Waals surface area (Å²) >= 11 is 0.912. The number of hydrogen-bond acceptors (Lipinski definition) is 8. The number of nitrogen functional groups attached to an aromatic ring is 1. The summed E-state index contributed by atoms with van der Waals surface area (Å²) in [5.74, 6) is -1.29. The van der Waals surface area contributed by atoms with Crippen LogP contribution in [0, 0.1) is 38.6 Å². The van der Waals surface area contributed by atoms with E-state index in [4.69, 9.17) is 5.73 Å². The van der Waals surface area contributed by atoms with Crippen molar-refractivity contribution in [3.63, 3.8) is 0 Å². The van der Waals surface area contributed by atoms with E-state index in [0.717, 1.165) is 11.8 Å². The molecule has 0 fully saturated rings. The van der Waals surface area contributed by atoms with Crippen molar-refractivity contribution in [3.8, 4) is 23.3 Å². The van der Waals surface area contributed by atoms with Crippen LogP contribution in [0.2, 0.25) is 0 Å². The summed E-state index contributed by atoms with van der Waals surface area (Å²) in [6.07, 6.45) is 0. The lowest BCUT2D eigenvalue weighted by Crippen LogP contribution is -2.14. The van der Waals surface area contributed by atoms with Crippen LogP contribution >= 0.6 is 11.8 Å². The van der Waals surface area contributed by atoms with Crippen molar-refractivity contribution in [2.45, 2.75) is 5.03 Å². The molecule has 0 spiro atoms. The number of nitriles is 2. The second-order valence-corrected chi connectivity index (χ2v) is 7.27. The summed E-state index contributed by atoms with van der Waals surface area (Å²) in [6.45, 7) is 0. The van der Waals surface area contributed by atoms with Gasteiger partial charge in [0.15, 0.2) is 0 Å². The highest BCUT2D eigenvalue weighted by molar-refractivity contribution is 8.00. The van der Waals surface area contributed by atoms with Gasteiger partial charge in [-0.3, -0.25) is 14.9 Å². The fraction of sp³-hybridized carbons (Fsp3) is 0.0476. The number of pyridine rings is 1. The molecule has 3 aromatic rings. The summed E-state index contributed by atoms with van der Waals surface area (Å²) in [4.78, 5) is 26.7. The van der Waals surface area contributed by atoms with E-state index in [9.17, 15) is 29.8 Å². The Morgan fingerprint density at radius 2 is 1.88 bits per heavy atom. The predicted octanol–water partition coefficient (Wildman–Crippen LogP) is 3.85. The highest BCUT2D eigenvalue weighted by Crippen LogP contribution is 2.35. The van der Waals surface area contributed by atoms with Gasteiger partial charge in [-0.05, 0) is 23.8 Å². The third kappa shape index (κ3) is 4.80. The second kappa shape index (κ2) is 9.55. The molecule has 2 aromatic carbocycles. The maximum Gasteiger partial charge on any atom is 0.271 e. The Hall–Kier alpha value is -4.48. The standard InChI is InChI=1S/C21H13FN6O3S/c22-13-6-4-12(5-7-13)19-16(9-23)20(25)27-21(17(19)10-24)32-11-18(29)26-14-2-1-3-15(8-14)28(30)31/h1-8H,11H2,(H2,25,27)(H,26,29). The SMILES string of the molecule is N#Cc1c(N)nc(SCC(=O)Nc2cccc([N+](=O)[O-])c2)c(C#N)c1-c1ccc(F)cc1. The molecule has 0 radical (unpaired) electrons. The molecule has 32 heavy (non-hydrogen) atoms. The third-order valence-corrected chi connectivity index (χ3v) is 5.20. The first kappa shape index (κ1) is 22.2. The van der Waals surface area contributed by atoms with Crippen LogP contribution < -0.4 is 11.1 Å². The van der Waals surface area contributed by atoms with Crippen molar-refractivity contribution in [3.05, 3.63) is 75.6 Å². The number of carbonyl (C=O) groups is 1. The molecule has 1 amide bonds. The highest BCUT2D eigenvalue weighted by Gasteiger charge is 2.21. The summed E-state index contributed by atoms with van der Waals surface area (Å²) in [6, 6.07) is 14.5. The van der Waals surface area contributed by atoms with Crippen LogP contribution in [0.3, 0.4) is 0 Å². The molecule has 9 nitrogen and oxygen atoms in total. The number of aromatic nitrogens is 1. The van der Waals surface area contributed by atoms with Gasteiger partial charge in [0.2, 0.25) is 5.91 Å². The molecule has 0 saturated carbocycles. The number of hydrogen-bond donors (Lipinski definition) is 2. The van der Waals surface area contributed by atoms with Crippen LogP contribution in [-0.2, 0) is 4.79 Å². The number of nitrogens with zero attached hydrogens (tertiary/aromatic N) is 4.